The van der Waals surface area contributed by atoms with Crippen LogP contribution in [0.25, 0.3) is 16.0 Å². The zero-order chi connectivity index (χ0) is 12.0. The summed E-state index contributed by atoms with van der Waals surface area (Å²) in [6, 6.07) is 1.86. The number of rotatable bonds is 1. The molecule has 0 aliphatic rings. The first-order valence-electron chi connectivity index (χ1n) is 4.71. The molecule has 0 saturated carbocycles. The molecule has 0 radical (unpaired) electrons. The zero-order valence-corrected chi connectivity index (χ0v) is 11.0. The Kier molecular flexibility index (Phi) is 2.33. The third-order valence-electron chi connectivity index (χ3n) is 2.13. The molecule has 17 heavy (non-hydrogen) atoms. The summed E-state index contributed by atoms with van der Waals surface area (Å²) >= 11 is 4.78. The topological polar surface area (TPSA) is 72.2 Å². The van der Waals surface area contributed by atoms with Crippen molar-refractivity contribution in [3.05, 3.63) is 16.9 Å². The van der Waals surface area contributed by atoms with Gasteiger partial charge < -0.3 is 5.32 Å². The van der Waals surface area contributed by atoms with Gasteiger partial charge in [-0.2, -0.15) is 5.10 Å². The van der Waals surface area contributed by atoms with Crippen LogP contribution in [0.2, 0.25) is 0 Å². The van der Waals surface area contributed by atoms with Gasteiger partial charge in [0.25, 0.3) is 0 Å². The molecule has 6 nitrogen and oxygen atoms in total. The normalized spacial score (nSPS) is 11.2. The second-order valence-electron chi connectivity index (χ2n) is 3.38. The third kappa shape index (κ3) is 1.69. The number of pyridine rings is 1. The molecule has 0 aromatic carbocycles. The van der Waals surface area contributed by atoms with Gasteiger partial charge in [-0.1, -0.05) is 11.3 Å². The fourth-order valence-corrected chi connectivity index (χ4v) is 2.95. The van der Waals surface area contributed by atoms with Crippen molar-refractivity contribution in [2.75, 3.05) is 5.32 Å². The van der Waals surface area contributed by atoms with E-state index in [9.17, 15) is 4.79 Å². The van der Waals surface area contributed by atoms with Crippen molar-refractivity contribution in [2.45, 2.75) is 6.92 Å². The fraction of sp³-hybridized carbons (Fsp3) is 0.111. The minimum atomic E-state index is -0.141. The molecule has 0 atom stereocenters. The first-order valence-corrected chi connectivity index (χ1v) is 6.32. The summed E-state index contributed by atoms with van der Waals surface area (Å²) in [5, 5.41) is 7.35. The second kappa shape index (κ2) is 3.74. The molecule has 0 fully saturated rings. The van der Waals surface area contributed by atoms with Gasteiger partial charge in [-0.05, 0) is 22.0 Å². The van der Waals surface area contributed by atoms with E-state index in [-0.39, 0.29) is 5.91 Å². The average Bonchev–Trinajstić information content (AvgIpc) is 2.81. The lowest BCUT2D eigenvalue weighted by molar-refractivity contribution is -0.114. The van der Waals surface area contributed by atoms with Crippen LogP contribution in [0.4, 0.5) is 5.13 Å². The van der Waals surface area contributed by atoms with E-state index in [0.717, 1.165) is 20.5 Å². The standard InChI is InChI=1S/C9H6BrN5OS/c1-4(16)13-9-14-6-2-5(10)7-11-3-12-15(7)8(6)17-9/h2-3H,1H3,(H,13,14,16). The molecule has 0 bridgehead atoms. The number of hydrogen-bond acceptors (Lipinski definition) is 5. The van der Waals surface area contributed by atoms with Crippen molar-refractivity contribution in [1.82, 2.24) is 19.6 Å². The van der Waals surface area contributed by atoms with Crippen molar-refractivity contribution in [1.29, 1.82) is 0 Å². The molecule has 86 valence electrons. The number of anilines is 1. The van der Waals surface area contributed by atoms with Crippen LogP contribution in [0, 0.1) is 0 Å². The Morgan fingerprint density at radius 2 is 2.41 bits per heavy atom. The van der Waals surface area contributed by atoms with Gasteiger partial charge in [0.15, 0.2) is 10.8 Å². The average molecular weight is 312 g/mol. The maximum atomic E-state index is 11.0. The molecule has 3 aromatic heterocycles. The van der Waals surface area contributed by atoms with Crippen LogP contribution in [0.3, 0.4) is 0 Å². The Balaban J connectivity index is 2.30. The number of amides is 1. The summed E-state index contributed by atoms with van der Waals surface area (Å²) in [5.74, 6) is -0.141. The molecular formula is C9H6BrN5OS. The molecular weight excluding hydrogens is 306 g/mol. The summed E-state index contributed by atoms with van der Waals surface area (Å²) < 4.78 is 2.52. The highest BCUT2D eigenvalue weighted by atomic mass is 79.9. The van der Waals surface area contributed by atoms with Crippen molar-refractivity contribution in [3.8, 4) is 0 Å². The Bertz CT molecular complexity index is 733. The first kappa shape index (κ1) is 10.6. The molecule has 3 heterocycles. The number of carbonyl (C=O) groups excluding carboxylic acids is 1. The number of hydrogen-bond donors (Lipinski definition) is 1. The summed E-state index contributed by atoms with van der Waals surface area (Å²) in [5.41, 5.74) is 1.50. The molecule has 0 aliphatic carbocycles. The van der Waals surface area contributed by atoms with Crippen LogP contribution in [0.15, 0.2) is 16.9 Å². The van der Waals surface area contributed by atoms with E-state index in [1.807, 2.05) is 6.07 Å². The third-order valence-corrected chi connectivity index (χ3v) is 3.68. The monoisotopic (exact) mass is 311 g/mol. The highest BCUT2D eigenvalue weighted by molar-refractivity contribution is 9.10. The van der Waals surface area contributed by atoms with E-state index in [0.29, 0.717) is 5.13 Å². The van der Waals surface area contributed by atoms with Gasteiger partial charge in [-0.25, -0.2) is 14.5 Å². The van der Waals surface area contributed by atoms with Crippen LogP contribution < -0.4 is 5.32 Å². The number of nitrogens with zero attached hydrogens (tertiary/aromatic N) is 4. The molecule has 0 unspecified atom stereocenters. The maximum absolute atomic E-state index is 11.0. The fourth-order valence-electron chi connectivity index (χ4n) is 1.51. The van der Waals surface area contributed by atoms with E-state index >= 15 is 0 Å². The molecule has 0 aliphatic heterocycles. The number of aromatic nitrogens is 4. The van der Waals surface area contributed by atoms with Gasteiger partial charge in [0.1, 0.15) is 16.7 Å². The minimum Gasteiger partial charge on any atom is -0.302 e. The Hall–Kier alpha value is -1.54. The van der Waals surface area contributed by atoms with Crippen LogP contribution in [-0.4, -0.2) is 25.5 Å². The SMILES string of the molecule is CC(=O)Nc1nc2cc(Br)c3ncnn3c2s1. The molecule has 3 rings (SSSR count). The number of carbonyl (C=O) groups is 1. The molecule has 0 saturated heterocycles. The van der Waals surface area contributed by atoms with Crippen molar-refractivity contribution in [3.63, 3.8) is 0 Å². The zero-order valence-electron chi connectivity index (χ0n) is 8.64. The minimum absolute atomic E-state index is 0.141. The predicted octanol–water partition coefficient (Wildman–Crippen LogP) is 2.06. The molecule has 3 aromatic rings. The summed E-state index contributed by atoms with van der Waals surface area (Å²) in [7, 11) is 0. The Morgan fingerprint density at radius 3 is 3.18 bits per heavy atom. The lowest BCUT2D eigenvalue weighted by Crippen LogP contribution is -2.04. The second-order valence-corrected chi connectivity index (χ2v) is 5.21. The van der Waals surface area contributed by atoms with Crippen LogP contribution >= 0.6 is 27.3 Å². The number of nitrogens with one attached hydrogen (secondary N) is 1. The summed E-state index contributed by atoms with van der Waals surface area (Å²) in [6.07, 6.45) is 1.48. The highest BCUT2D eigenvalue weighted by Crippen LogP contribution is 2.29. The summed E-state index contributed by atoms with van der Waals surface area (Å²) in [6.45, 7) is 1.45. The van der Waals surface area contributed by atoms with Gasteiger partial charge >= 0.3 is 0 Å². The molecule has 8 heteroatoms. The van der Waals surface area contributed by atoms with E-state index in [2.05, 4.69) is 36.3 Å². The highest BCUT2D eigenvalue weighted by Gasteiger charge is 2.12. The van der Waals surface area contributed by atoms with Gasteiger partial charge in [-0.3, -0.25) is 4.79 Å². The lowest BCUT2D eigenvalue weighted by Gasteiger charge is -1.94. The van der Waals surface area contributed by atoms with Gasteiger partial charge in [-0.15, -0.1) is 0 Å². The van der Waals surface area contributed by atoms with Gasteiger partial charge in [0.2, 0.25) is 5.91 Å². The van der Waals surface area contributed by atoms with Crippen LogP contribution in [0.5, 0.6) is 0 Å². The van der Waals surface area contributed by atoms with Crippen LogP contribution in [0.1, 0.15) is 6.92 Å². The lowest BCUT2D eigenvalue weighted by atomic mass is 10.4. The molecule has 0 spiro atoms. The smallest absolute Gasteiger partial charge is 0.223 e. The number of fused-ring (bicyclic) bond motifs is 3. The first-order chi connectivity index (χ1) is 8.15. The largest absolute Gasteiger partial charge is 0.302 e. The predicted molar refractivity (Wildman–Crippen MR) is 68.2 cm³/mol. The van der Waals surface area contributed by atoms with Gasteiger partial charge in [0, 0.05) is 6.92 Å². The molecule has 1 amide bonds. The maximum Gasteiger partial charge on any atom is 0.223 e. The van der Waals surface area contributed by atoms with Crippen molar-refractivity contribution >= 4 is 54.3 Å². The number of thiazole rings is 1. The van der Waals surface area contributed by atoms with E-state index in [4.69, 9.17) is 0 Å². The summed E-state index contributed by atoms with van der Waals surface area (Å²) in [4.78, 5) is 20.3. The van der Waals surface area contributed by atoms with E-state index in [1.165, 1.54) is 24.6 Å². The van der Waals surface area contributed by atoms with Crippen LogP contribution in [-0.2, 0) is 4.79 Å². The van der Waals surface area contributed by atoms with E-state index < -0.39 is 0 Å². The Labute approximate surface area is 108 Å². The van der Waals surface area contributed by atoms with Crippen molar-refractivity contribution < 1.29 is 4.79 Å². The van der Waals surface area contributed by atoms with E-state index in [1.54, 1.807) is 4.52 Å². The van der Waals surface area contributed by atoms with Gasteiger partial charge in [0.05, 0.1) is 4.47 Å². The Morgan fingerprint density at radius 1 is 1.59 bits per heavy atom. The quantitative estimate of drug-likeness (QED) is 0.746. The van der Waals surface area contributed by atoms with Crippen molar-refractivity contribution in [2.24, 2.45) is 0 Å². The molecule has 1 N–H and O–H groups in total. The number of halogens is 1.